The summed E-state index contributed by atoms with van der Waals surface area (Å²) < 4.78 is 27.5. The number of rotatable bonds is 6. The predicted octanol–water partition coefficient (Wildman–Crippen LogP) is 5.48. The molecular formula is C28H23F2N5O2. The van der Waals surface area contributed by atoms with Gasteiger partial charge in [-0.1, -0.05) is 17.3 Å². The molecule has 1 amide bonds. The second kappa shape index (κ2) is 10.2. The number of amides is 1. The molecule has 0 spiro atoms. The van der Waals surface area contributed by atoms with Crippen LogP contribution in [-0.2, 0) is 4.84 Å². The van der Waals surface area contributed by atoms with Gasteiger partial charge in [-0.15, -0.1) is 0 Å². The van der Waals surface area contributed by atoms with E-state index in [0.717, 1.165) is 23.5 Å². The summed E-state index contributed by atoms with van der Waals surface area (Å²) in [5.41, 5.74) is 4.80. The van der Waals surface area contributed by atoms with Crippen LogP contribution in [0.1, 0.15) is 58.4 Å². The Hall–Kier alpha value is -4.53. The van der Waals surface area contributed by atoms with Gasteiger partial charge in [0, 0.05) is 41.6 Å². The molecule has 0 saturated carbocycles. The highest BCUT2D eigenvalue weighted by Gasteiger charge is 2.26. The van der Waals surface area contributed by atoms with Crippen LogP contribution in [0.5, 0.6) is 0 Å². The lowest BCUT2D eigenvalue weighted by Gasteiger charge is -2.15. The first-order valence-corrected chi connectivity index (χ1v) is 11.7. The largest absolute Gasteiger partial charge is 0.385 e. The maximum Gasteiger partial charge on any atom is 0.251 e. The first-order valence-electron chi connectivity index (χ1n) is 11.7. The molecule has 0 fully saturated rings. The minimum atomic E-state index is -0.830. The van der Waals surface area contributed by atoms with Gasteiger partial charge < -0.3 is 10.2 Å². The van der Waals surface area contributed by atoms with Gasteiger partial charge in [0.1, 0.15) is 11.6 Å². The molecule has 5 rings (SSSR count). The predicted molar refractivity (Wildman–Crippen MR) is 134 cm³/mol. The normalized spacial score (nSPS) is 15.6. The topological polar surface area (TPSA) is 89.4 Å². The standard InChI is InChI=1S/C28H23F2N5O2/c1-16-6-7-23(32-14-16)18-9-19(25-13-26(37-35-25)24-5-3-4-8-31-24)11-20(10-18)28(36)34-17(2)27-22(30)12-21(29)15-33-27/h3-12,14-15,17,26H,13H2,1-2H3,(H,34,36)/t17-,26+/m1/s1. The van der Waals surface area contributed by atoms with Gasteiger partial charge in [0.25, 0.3) is 5.91 Å². The van der Waals surface area contributed by atoms with E-state index in [4.69, 9.17) is 4.84 Å². The third kappa shape index (κ3) is 5.35. The third-order valence-electron chi connectivity index (χ3n) is 6.02. The van der Waals surface area contributed by atoms with Crippen molar-refractivity contribution in [3.8, 4) is 11.3 Å². The molecule has 3 aromatic heterocycles. The molecule has 1 N–H and O–H groups in total. The van der Waals surface area contributed by atoms with Gasteiger partial charge >= 0.3 is 0 Å². The summed E-state index contributed by atoms with van der Waals surface area (Å²) in [5.74, 6) is -2.07. The second-order valence-electron chi connectivity index (χ2n) is 8.83. The first kappa shape index (κ1) is 24.2. The summed E-state index contributed by atoms with van der Waals surface area (Å²) >= 11 is 0. The minimum absolute atomic E-state index is 0.0573. The molecule has 0 unspecified atom stereocenters. The summed E-state index contributed by atoms with van der Waals surface area (Å²) in [5, 5.41) is 7.02. The SMILES string of the molecule is Cc1ccc(-c2cc(C(=O)N[C@H](C)c3ncc(F)cc3F)cc(C3=NO[C@H](c4ccccn4)C3)c2)nc1. The third-order valence-corrected chi connectivity index (χ3v) is 6.02. The molecule has 0 saturated heterocycles. The Morgan fingerprint density at radius 3 is 2.59 bits per heavy atom. The van der Waals surface area contributed by atoms with E-state index < -0.39 is 23.6 Å². The Morgan fingerprint density at radius 1 is 1.03 bits per heavy atom. The fraction of sp³-hybridized carbons (Fsp3) is 0.179. The number of aryl methyl sites for hydroxylation is 1. The number of hydrogen-bond donors (Lipinski definition) is 1. The van der Waals surface area contributed by atoms with Crippen LogP contribution in [0.25, 0.3) is 11.3 Å². The zero-order chi connectivity index (χ0) is 25.9. The van der Waals surface area contributed by atoms with Crippen LogP contribution in [0.2, 0.25) is 0 Å². The van der Waals surface area contributed by atoms with E-state index in [1.807, 2.05) is 43.3 Å². The van der Waals surface area contributed by atoms with Crippen LogP contribution in [0, 0.1) is 18.6 Å². The molecule has 4 heterocycles. The first-order chi connectivity index (χ1) is 17.9. The van der Waals surface area contributed by atoms with Gasteiger partial charge in [0.2, 0.25) is 0 Å². The highest BCUT2D eigenvalue weighted by atomic mass is 19.1. The molecule has 7 nitrogen and oxygen atoms in total. The summed E-state index contributed by atoms with van der Waals surface area (Å²) in [4.78, 5) is 31.6. The Labute approximate surface area is 212 Å². The van der Waals surface area contributed by atoms with E-state index in [9.17, 15) is 13.6 Å². The van der Waals surface area contributed by atoms with Gasteiger partial charge in [-0.2, -0.15) is 0 Å². The van der Waals surface area contributed by atoms with Crippen LogP contribution in [0.4, 0.5) is 8.78 Å². The quantitative estimate of drug-likeness (QED) is 0.379. The molecular weight excluding hydrogens is 476 g/mol. The van der Waals surface area contributed by atoms with Crippen LogP contribution >= 0.6 is 0 Å². The fourth-order valence-electron chi connectivity index (χ4n) is 4.08. The minimum Gasteiger partial charge on any atom is -0.385 e. The van der Waals surface area contributed by atoms with Crippen molar-refractivity contribution in [1.29, 1.82) is 0 Å². The van der Waals surface area contributed by atoms with Crippen molar-refractivity contribution in [2.45, 2.75) is 32.4 Å². The van der Waals surface area contributed by atoms with Gasteiger partial charge in [-0.3, -0.25) is 19.7 Å². The number of nitrogens with zero attached hydrogens (tertiary/aromatic N) is 4. The average molecular weight is 500 g/mol. The summed E-state index contributed by atoms with van der Waals surface area (Å²) in [6.07, 6.45) is 4.51. The summed E-state index contributed by atoms with van der Waals surface area (Å²) in [6.45, 7) is 3.53. The molecule has 4 aromatic rings. The number of halogens is 2. The van der Waals surface area contributed by atoms with E-state index in [1.54, 1.807) is 31.5 Å². The Bertz CT molecular complexity index is 1480. The lowest BCUT2D eigenvalue weighted by atomic mass is 9.96. The van der Waals surface area contributed by atoms with Crippen LogP contribution in [0.3, 0.4) is 0 Å². The molecule has 1 aliphatic heterocycles. The zero-order valence-corrected chi connectivity index (χ0v) is 20.2. The van der Waals surface area contributed by atoms with Crippen molar-refractivity contribution < 1.29 is 18.4 Å². The van der Waals surface area contributed by atoms with E-state index in [0.29, 0.717) is 34.5 Å². The van der Waals surface area contributed by atoms with Gasteiger partial charge in [-0.25, -0.2) is 8.78 Å². The van der Waals surface area contributed by atoms with E-state index in [-0.39, 0.29) is 11.8 Å². The summed E-state index contributed by atoms with van der Waals surface area (Å²) in [6, 6.07) is 14.7. The number of nitrogens with one attached hydrogen (secondary N) is 1. The molecule has 9 heteroatoms. The molecule has 37 heavy (non-hydrogen) atoms. The average Bonchev–Trinajstić information content (AvgIpc) is 3.40. The molecule has 1 aromatic carbocycles. The lowest BCUT2D eigenvalue weighted by molar-refractivity contribution is 0.0826. The van der Waals surface area contributed by atoms with Crippen molar-refractivity contribution in [1.82, 2.24) is 20.3 Å². The van der Waals surface area contributed by atoms with Gasteiger partial charge in [-0.05, 0) is 55.8 Å². The molecule has 0 bridgehead atoms. The van der Waals surface area contributed by atoms with Crippen molar-refractivity contribution in [2.75, 3.05) is 0 Å². The molecule has 1 aliphatic rings. The molecule has 2 atom stereocenters. The lowest BCUT2D eigenvalue weighted by Crippen LogP contribution is -2.28. The summed E-state index contributed by atoms with van der Waals surface area (Å²) in [7, 11) is 0. The number of hydrogen-bond acceptors (Lipinski definition) is 6. The van der Waals surface area contributed by atoms with Crippen molar-refractivity contribution in [2.24, 2.45) is 5.16 Å². The van der Waals surface area contributed by atoms with Crippen molar-refractivity contribution >= 4 is 11.6 Å². The second-order valence-corrected chi connectivity index (χ2v) is 8.83. The monoisotopic (exact) mass is 499 g/mol. The highest BCUT2D eigenvalue weighted by Crippen LogP contribution is 2.30. The smallest absolute Gasteiger partial charge is 0.251 e. The maximum absolute atomic E-state index is 14.2. The highest BCUT2D eigenvalue weighted by molar-refractivity contribution is 6.05. The Balaban J connectivity index is 1.46. The van der Waals surface area contributed by atoms with E-state index in [1.165, 1.54) is 0 Å². The number of benzene rings is 1. The maximum atomic E-state index is 14.2. The molecule has 0 radical (unpaired) electrons. The molecule has 186 valence electrons. The number of aromatic nitrogens is 3. The number of pyridine rings is 3. The van der Waals surface area contributed by atoms with E-state index in [2.05, 4.69) is 25.4 Å². The Kier molecular flexibility index (Phi) is 6.68. The zero-order valence-electron chi connectivity index (χ0n) is 20.2. The number of oxime groups is 1. The van der Waals surface area contributed by atoms with Crippen LogP contribution in [-0.4, -0.2) is 26.6 Å². The van der Waals surface area contributed by atoms with Crippen molar-refractivity contribution in [3.05, 3.63) is 113 Å². The number of carbonyl (C=O) groups excluding carboxylic acids is 1. The fourth-order valence-corrected chi connectivity index (χ4v) is 4.08. The number of carbonyl (C=O) groups is 1. The van der Waals surface area contributed by atoms with E-state index >= 15 is 0 Å². The van der Waals surface area contributed by atoms with Gasteiger partial charge in [0.15, 0.2) is 6.10 Å². The van der Waals surface area contributed by atoms with Crippen molar-refractivity contribution in [3.63, 3.8) is 0 Å². The Morgan fingerprint density at radius 2 is 1.86 bits per heavy atom. The van der Waals surface area contributed by atoms with Gasteiger partial charge in [0.05, 0.1) is 35.0 Å². The van der Waals surface area contributed by atoms with Crippen LogP contribution in [0.15, 0.2) is 78.3 Å². The molecule has 0 aliphatic carbocycles. The van der Waals surface area contributed by atoms with Crippen LogP contribution < -0.4 is 5.32 Å².